The van der Waals surface area contributed by atoms with Crippen LogP contribution in [0.25, 0.3) is 5.57 Å². The van der Waals surface area contributed by atoms with Gasteiger partial charge in [0.25, 0.3) is 31.7 Å². The van der Waals surface area contributed by atoms with Crippen molar-refractivity contribution >= 4 is 66.1 Å². The Bertz CT molecular complexity index is 2800. The molecule has 71 heavy (non-hydrogen) atoms. The zero-order chi connectivity index (χ0) is 51.0. The summed E-state index contributed by atoms with van der Waals surface area (Å²) < 4.78 is 128. The summed E-state index contributed by atoms with van der Waals surface area (Å²) in [6.45, 7) is 13.3. The van der Waals surface area contributed by atoms with Gasteiger partial charge in [-0.05, 0) is 124 Å². The number of anilines is 2. The number of benzene rings is 4. The van der Waals surface area contributed by atoms with Crippen molar-refractivity contribution in [2.45, 2.75) is 90.6 Å². The van der Waals surface area contributed by atoms with E-state index >= 15 is 0 Å². The minimum atomic E-state index is -6.09. The van der Waals surface area contributed by atoms with E-state index in [0.29, 0.717) is 81.8 Å². The van der Waals surface area contributed by atoms with Gasteiger partial charge in [-0.15, -0.1) is 11.8 Å². The van der Waals surface area contributed by atoms with Gasteiger partial charge in [-0.2, -0.15) is 13.2 Å². The van der Waals surface area contributed by atoms with E-state index in [0.717, 1.165) is 65.6 Å². The van der Waals surface area contributed by atoms with E-state index in [1.807, 2.05) is 59.3 Å². The Labute approximate surface area is 423 Å². The summed E-state index contributed by atoms with van der Waals surface area (Å²) in [5.74, 6) is -3.36. The molecule has 1 saturated carbocycles. The first-order chi connectivity index (χ1) is 33.4. The van der Waals surface area contributed by atoms with Crippen molar-refractivity contribution in [3.8, 4) is 0 Å². The second kappa shape index (κ2) is 20.9. The smallest absolute Gasteiger partial charge is 0.380 e. The van der Waals surface area contributed by atoms with Gasteiger partial charge in [0.2, 0.25) is 0 Å². The Hall–Kier alpha value is -4.24. The molecule has 2 atom stereocenters. The molecule has 384 valence electrons. The van der Waals surface area contributed by atoms with Crippen LogP contribution in [0, 0.1) is 5.41 Å². The van der Waals surface area contributed by atoms with Crippen LogP contribution in [0.3, 0.4) is 0 Å². The quantitative estimate of drug-likeness (QED) is 0.0824. The van der Waals surface area contributed by atoms with Gasteiger partial charge in [0.15, 0.2) is 0 Å². The number of amides is 1. The highest BCUT2D eigenvalue weighted by molar-refractivity contribution is 7.99. The maximum atomic E-state index is 14.6. The molecule has 0 bridgehead atoms. The van der Waals surface area contributed by atoms with Crippen LogP contribution in [-0.4, -0.2) is 132 Å². The van der Waals surface area contributed by atoms with E-state index in [2.05, 4.69) is 45.7 Å². The molecule has 20 heteroatoms. The number of alkyl halides is 5. The molecule has 3 fully saturated rings. The van der Waals surface area contributed by atoms with E-state index in [1.165, 1.54) is 23.9 Å². The summed E-state index contributed by atoms with van der Waals surface area (Å²) in [6, 6.07) is 24.9. The first-order valence-corrected chi connectivity index (χ1v) is 28.1. The van der Waals surface area contributed by atoms with Crippen molar-refractivity contribution in [1.82, 2.24) is 19.4 Å². The van der Waals surface area contributed by atoms with Crippen molar-refractivity contribution < 1.29 is 43.6 Å². The third-order valence-electron chi connectivity index (χ3n) is 14.3. The summed E-state index contributed by atoms with van der Waals surface area (Å²) >= 11 is 7.60. The van der Waals surface area contributed by atoms with Crippen LogP contribution in [0.1, 0.15) is 68.8 Å². The maximum Gasteiger partial charge on any atom is 0.501 e. The molecule has 2 N–H and O–H groups in total. The van der Waals surface area contributed by atoms with Crippen molar-refractivity contribution in [3.05, 3.63) is 119 Å². The molecular weight excluding hydrogens is 1000 g/mol. The van der Waals surface area contributed by atoms with Gasteiger partial charge in [0.05, 0.1) is 10.6 Å². The molecular formula is C51H60ClF5N6O5S3. The second-order valence-corrected chi connectivity index (χ2v) is 25.2. The number of carbonyl (C=O) groups excluding carboxylic acids is 1. The van der Waals surface area contributed by atoms with E-state index in [4.69, 9.17) is 11.6 Å². The maximum absolute atomic E-state index is 14.6. The molecule has 1 amide bonds. The van der Waals surface area contributed by atoms with Gasteiger partial charge in [-0.3, -0.25) is 14.6 Å². The Morgan fingerprint density at radius 3 is 2.06 bits per heavy atom. The fourth-order valence-electron chi connectivity index (χ4n) is 9.88. The Balaban J connectivity index is 0.926. The Morgan fingerprint density at radius 1 is 0.817 bits per heavy atom. The minimum absolute atomic E-state index is 0.00540. The number of sulfonamides is 1. The van der Waals surface area contributed by atoms with Crippen LogP contribution in [-0.2, 0) is 19.9 Å². The van der Waals surface area contributed by atoms with Crippen LogP contribution in [0.5, 0.6) is 0 Å². The number of thioether (sulfide) groups is 1. The average molecular weight is 1060 g/mol. The van der Waals surface area contributed by atoms with Gasteiger partial charge in [-0.1, -0.05) is 47.5 Å². The number of piperazine rings is 2. The van der Waals surface area contributed by atoms with Crippen LogP contribution < -0.4 is 14.9 Å². The zero-order valence-electron chi connectivity index (χ0n) is 40.0. The van der Waals surface area contributed by atoms with Gasteiger partial charge >= 0.3 is 5.51 Å². The minimum Gasteiger partial charge on any atom is -0.380 e. The largest absolute Gasteiger partial charge is 0.501 e. The summed E-state index contributed by atoms with van der Waals surface area (Å²) in [5.41, 5.74) is -3.33. The van der Waals surface area contributed by atoms with Gasteiger partial charge in [-0.25, -0.2) is 30.3 Å². The lowest BCUT2D eigenvalue weighted by molar-refractivity contribution is -0.0436. The number of halogens is 6. The summed E-state index contributed by atoms with van der Waals surface area (Å²) in [4.78, 5) is 21.2. The zero-order valence-corrected chi connectivity index (χ0v) is 43.2. The highest BCUT2D eigenvalue weighted by Gasteiger charge is 2.70. The lowest BCUT2D eigenvalue weighted by atomic mass is 9.78. The average Bonchev–Trinajstić information content (AvgIpc) is 3.86. The lowest BCUT2D eigenvalue weighted by Crippen LogP contribution is -2.53. The third kappa shape index (κ3) is 12.4. The first kappa shape index (κ1) is 53.1. The normalized spacial score (nSPS) is 21.1. The van der Waals surface area contributed by atoms with Crippen molar-refractivity contribution in [2.24, 2.45) is 5.41 Å². The molecule has 1 spiro atoms. The summed E-state index contributed by atoms with van der Waals surface area (Å²) in [7, 11) is -11.0. The Morgan fingerprint density at radius 2 is 1.45 bits per heavy atom. The summed E-state index contributed by atoms with van der Waals surface area (Å²) in [5, 5.41) is 3.63. The van der Waals surface area contributed by atoms with Gasteiger partial charge < -0.3 is 15.1 Å². The fraction of sp³-hybridized carbons (Fsp3) is 0.471. The van der Waals surface area contributed by atoms with Crippen molar-refractivity contribution in [3.63, 3.8) is 0 Å². The van der Waals surface area contributed by atoms with Crippen molar-refractivity contribution in [1.29, 1.82) is 0 Å². The summed E-state index contributed by atoms with van der Waals surface area (Å²) in [6.07, 6.45) is 1.73. The molecule has 4 aliphatic rings. The molecule has 2 aliphatic heterocycles. The number of nitrogens with one attached hydrogen (secondary N) is 2. The second-order valence-electron chi connectivity index (χ2n) is 20.0. The number of allylic oxidation sites excluding steroid dienone is 1. The number of carbonyl (C=O) groups is 1. The number of hydrogen-bond donors (Lipinski definition) is 2. The van der Waals surface area contributed by atoms with Gasteiger partial charge in [0, 0.05) is 116 Å². The molecule has 4 aromatic rings. The molecule has 0 radical (unpaired) electrons. The highest BCUT2D eigenvalue weighted by atomic mass is 35.5. The number of hydrogen-bond acceptors (Lipinski definition) is 11. The monoisotopic (exact) mass is 1060 g/mol. The topological polar surface area (TPSA) is 122 Å². The number of rotatable bonds is 16. The van der Waals surface area contributed by atoms with E-state index in [9.17, 15) is 43.6 Å². The van der Waals surface area contributed by atoms with Crippen LogP contribution in [0.15, 0.2) is 117 Å². The molecule has 0 aromatic heterocycles. The molecule has 2 aliphatic carbocycles. The SMILES string of the molecule is CC(C)(C)N1CCN(CC[C@H](CSc2ccccc2)Nc2ccc(S(=O)(=O)NC(=O)c3ccc(N4CCN(CC5=C(c6ccc(Cl)cc6)CCC6(C5)CC6(F)F)CC4)cc3)cc2S(=O)(=O)C(F)(F)F)CC1. The molecule has 2 heterocycles. The molecule has 1 unspecified atom stereocenters. The fourth-order valence-corrected chi connectivity index (χ4v) is 13.0. The molecule has 2 saturated heterocycles. The predicted octanol–water partition coefficient (Wildman–Crippen LogP) is 9.92. The molecule has 11 nitrogen and oxygen atoms in total. The standard InChI is InChI=1S/C51H60ClF5N6O5S3/c1-48(2,3)63-29-25-60(26-30-63)22-20-40(34-69-42-7-5-4-6-8-42)58-45-18-17-43(31-46(45)70(65,66)51(55,56)57)71(67,68)59-47(64)37-11-15-41(16-12-37)62-27-23-61(24-28-62)33-38-32-49(35-50(49,53)54)21-19-44(38)36-9-13-39(52)14-10-36/h4-18,31,40,58H,19-30,32-35H2,1-3H3,(H,59,64)/t40-,49?/m1/s1. The predicted molar refractivity (Wildman–Crippen MR) is 271 cm³/mol. The van der Waals surface area contributed by atoms with Crippen LogP contribution >= 0.6 is 23.4 Å². The third-order valence-corrected chi connectivity index (χ3v) is 18.6. The number of sulfone groups is 1. The first-order valence-electron chi connectivity index (χ1n) is 23.8. The van der Waals surface area contributed by atoms with Crippen LogP contribution in [0.4, 0.5) is 33.3 Å². The highest BCUT2D eigenvalue weighted by Crippen LogP contribution is 2.68. The lowest BCUT2D eigenvalue weighted by Gasteiger charge is -2.42. The van der Waals surface area contributed by atoms with Gasteiger partial charge in [0.1, 0.15) is 4.90 Å². The number of nitrogens with zero attached hydrogens (tertiary/aromatic N) is 4. The van der Waals surface area contributed by atoms with E-state index in [1.54, 1.807) is 12.1 Å². The Kier molecular flexibility index (Phi) is 15.7. The van der Waals surface area contributed by atoms with Crippen LogP contribution in [0.2, 0.25) is 5.02 Å². The van der Waals surface area contributed by atoms with E-state index < -0.39 is 64.1 Å². The molecule has 4 aromatic carbocycles. The molecule has 8 rings (SSSR count). The van der Waals surface area contributed by atoms with Crippen molar-refractivity contribution in [2.75, 3.05) is 81.4 Å². The van der Waals surface area contributed by atoms with E-state index in [-0.39, 0.29) is 17.5 Å².